The normalized spacial score (nSPS) is 16.3. The lowest BCUT2D eigenvalue weighted by Crippen LogP contribution is -2.37. The Morgan fingerprint density at radius 2 is 1.94 bits per heavy atom. The number of benzene rings is 2. The number of hydrogen-bond acceptors (Lipinski definition) is 5. The Labute approximate surface area is 192 Å². The van der Waals surface area contributed by atoms with Crippen LogP contribution in [0.15, 0.2) is 54.4 Å². The van der Waals surface area contributed by atoms with Crippen LogP contribution in [0.3, 0.4) is 0 Å². The summed E-state index contributed by atoms with van der Waals surface area (Å²) in [7, 11) is -4.88. The fourth-order valence-electron chi connectivity index (χ4n) is 3.49. The molecule has 0 radical (unpaired) electrons. The molecule has 1 atom stereocenters. The molecule has 33 heavy (non-hydrogen) atoms. The van der Waals surface area contributed by atoms with Gasteiger partial charge in [-0.3, -0.25) is 9.32 Å². The molecule has 1 fully saturated rings. The second-order valence-corrected chi connectivity index (χ2v) is 8.81. The molecule has 0 bridgehead atoms. The molecule has 1 aromatic heterocycles. The van der Waals surface area contributed by atoms with Gasteiger partial charge < -0.3 is 20.1 Å². The van der Waals surface area contributed by atoms with Crippen molar-refractivity contribution in [1.29, 1.82) is 5.26 Å². The van der Waals surface area contributed by atoms with Crippen LogP contribution >= 0.6 is 19.4 Å². The van der Waals surface area contributed by atoms with Gasteiger partial charge in [0.1, 0.15) is 5.70 Å². The van der Waals surface area contributed by atoms with Crippen LogP contribution in [0.4, 0.5) is 4.79 Å². The first-order valence-electron chi connectivity index (χ1n) is 9.49. The summed E-state index contributed by atoms with van der Waals surface area (Å²) in [4.78, 5) is 48.0. The first-order chi connectivity index (χ1) is 15.7. The first-order valence-corrected chi connectivity index (χ1v) is 11.4. The minimum absolute atomic E-state index is 0.0225. The van der Waals surface area contributed by atoms with Crippen LogP contribution in [-0.4, -0.2) is 38.2 Å². The number of rotatable bonds is 6. The highest BCUT2D eigenvalue weighted by molar-refractivity contribution is 7.46. The summed E-state index contributed by atoms with van der Waals surface area (Å²) in [6.07, 6.45) is 3.15. The van der Waals surface area contributed by atoms with E-state index in [0.717, 1.165) is 15.8 Å². The van der Waals surface area contributed by atoms with Gasteiger partial charge in [-0.2, -0.15) is 5.26 Å². The summed E-state index contributed by atoms with van der Waals surface area (Å²) in [5.41, 5.74) is 2.05. The van der Waals surface area contributed by atoms with Crippen LogP contribution in [0.1, 0.15) is 22.7 Å². The summed E-state index contributed by atoms with van der Waals surface area (Å²) in [6, 6.07) is 11.1. The van der Waals surface area contributed by atoms with Crippen molar-refractivity contribution in [2.45, 2.75) is 6.04 Å². The molecule has 1 aliphatic rings. The molecule has 0 spiro atoms. The van der Waals surface area contributed by atoms with Gasteiger partial charge in [0.2, 0.25) is 0 Å². The standard InChI is InChI=1S/C21H16ClN4O6P/c22-15-5-6-16-14(10-24-17(16)8-15)7-18-20(27)26(21(28)25-18)19(11-32-33(29,30)31)13-3-1-12(9-23)2-4-13/h1-8,10,19,24H,11H2,(H,25,28)(H2,29,30,31). The van der Waals surface area contributed by atoms with Gasteiger partial charge in [0.15, 0.2) is 0 Å². The minimum Gasteiger partial charge on any atom is -0.361 e. The number of amides is 3. The fourth-order valence-corrected chi connectivity index (χ4v) is 4.00. The zero-order chi connectivity index (χ0) is 23.8. The van der Waals surface area contributed by atoms with Crippen molar-refractivity contribution < 1.29 is 28.5 Å². The van der Waals surface area contributed by atoms with Crippen LogP contribution in [-0.2, 0) is 13.9 Å². The maximum absolute atomic E-state index is 13.1. The molecular weight excluding hydrogens is 471 g/mol. The summed E-state index contributed by atoms with van der Waals surface area (Å²) < 4.78 is 15.9. The van der Waals surface area contributed by atoms with E-state index in [1.807, 2.05) is 6.07 Å². The largest absolute Gasteiger partial charge is 0.469 e. The molecule has 3 aromatic rings. The number of hydrogen-bond donors (Lipinski definition) is 4. The molecule has 4 rings (SSSR count). The molecule has 1 aliphatic heterocycles. The number of urea groups is 1. The maximum Gasteiger partial charge on any atom is 0.469 e. The SMILES string of the molecule is N#Cc1ccc(C(COP(=O)(O)O)N2C(=O)NC(=Cc3c[nH]c4cc(Cl)ccc34)C2=O)cc1. The summed E-state index contributed by atoms with van der Waals surface area (Å²) >= 11 is 6.00. The number of halogens is 1. The van der Waals surface area contributed by atoms with Gasteiger partial charge >= 0.3 is 13.9 Å². The summed E-state index contributed by atoms with van der Waals surface area (Å²) in [5.74, 6) is -0.702. The highest BCUT2D eigenvalue weighted by atomic mass is 35.5. The molecular formula is C21H16ClN4O6P. The third kappa shape index (κ3) is 4.83. The van der Waals surface area contributed by atoms with E-state index in [9.17, 15) is 14.2 Å². The Morgan fingerprint density at radius 1 is 1.21 bits per heavy atom. The molecule has 3 amide bonds. The van der Waals surface area contributed by atoms with Crippen molar-refractivity contribution in [1.82, 2.24) is 15.2 Å². The lowest BCUT2D eigenvalue weighted by Gasteiger charge is -2.25. The van der Waals surface area contributed by atoms with Crippen molar-refractivity contribution in [3.05, 3.63) is 76.1 Å². The predicted molar refractivity (Wildman–Crippen MR) is 119 cm³/mol. The molecule has 12 heteroatoms. The van der Waals surface area contributed by atoms with E-state index in [2.05, 4.69) is 14.8 Å². The van der Waals surface area contributed by atoms with Crippen molar-refractivity contribution in [3.8, 4) is 6.07 Å². The lowest BCUT2D eigenvalue weighted by atomic mass is 10.0. The van der Waals surface area contributed by atoms with E-state index >= 15 is 0 Å². The number of aromatic amines is 1. The number of phosphoric acid groups is 1. The topological polar surface area (TPSA) is 156 Å². The number of imide groups is 1. The lowest BCUT2D eigenvalue weighted by molar-refractivity contribution is -0.125. The average molecular weight is 487 g/mol. The molecule has 2 aromatic carbocycles. The number of phosphoric ester groups is 1. The van der Waals surface area contributed by atoms with Gasteiger partial charge in [-0.15, -0.1) is 0 Å². The summed E-state index contributed by atoms with van der Waals surface area (Å²) in [6.45, 7) is -0.645. The van der Waals surface area contributed by atoms with E-state index in [1.165, 1.54) is 30.3 Å². The van der Waals surface area contributed by atoms with Gasteiger partial charge in [0, 0.05) is 27.7 Å². The molecule has 1 unspecified atom stereocenters. The second kappa shape index (κ2) is 8.83. The van der Waals surface area contributed by atoms with Crippen LogP contribution in [0.5, 0.6) is 0 Å². The molecule has 2 heterocycles. The van der Waals surface area contributed by atoms with Crippen LogP contribution in [0.25, 0.3) is 17.0 Å². The van der Waals surface area contributed by atoms with Crippen molar-refractivity contribution in [3.63, 3.8) is 0 Å². The third-order valence-electron chi connectivity index (χ3n) is 5.02. The number of H-pyrrole nitrogens is 1. The van der Waals surface area contributed by atoms with Crippen molar-refractivity contribution in [2.75, 3.05) is 6.61 Å². The first kappa shape index (κ1) is 22.7. The van der Waals surface area contributed by atoms with Crippen LogP contribution in [0.2, 0.25) is 5.02 Å². The number of nitrogens with zero attached hydrogens (tertiary/aromatic N) is 2. The van der Waals surface area contributed by atoms with Gasteiger partial charge in [-0.05, 0) is 35.9 Å². The quantitative estimate of drug-likeness (QED) is 0.236. The maximum atomic E-state index is 13.1. The molecule has 1 saturated heterocycles. The number of carbonyl (C=O) groups is 2. The van der Waals surface area contributed by atoms with E-state index < -0.39 is 32.4 Å². The average Bonchev–Trinajstić information content (AvgIpc) is 3.28. The number of carbonyl (C=O) groups excluding carboxylic acids is 2. The van der Waals surface area contributed by atoms with Crippen molar-refractivity contribution in [2.24, 2.45) is 0 Å². The monoisotopic (exact) mass is 486 g/mol. The molecule has 0 aliphatic carbocycles. The number of nitriles is 1. The highest BCUT2D eigenvalue weighted by Gasteiger charge is 2.40. The number of fused-ring (bicyclic) bond motifs is 1. The Hall–Kier alpha value is -3.45. The Balaban J connectivity index is 1.69. The van der Waals surface area contributed by atoms with Gasteiger partial charge in [-0.25, -0.2) is 14.3 Å². The van der Waals surface area contributed by atoms with E-state index in [4.69, 9.17) is 26.6 Å². The smallest absolute Gasteiger partial charge is 0.361 e. The second-order valence-electron chi connectivity index (χ2n) is 7.13. The molecule has 4 N–H and O–H groups in total. The van der Waals surface area contributed by atoms with E-state index in [0.29, 0.717) is 21.7 Å². The van der Waals surface area contributed by atoms with Crippen LogP contribution < -0.4 is 5.32 Å². The van der Waals surface area contributed by atoms with Crippen LogP contribution in [0, 0.1) is 11.3 Å². The zero-order valence-corrected chi connectivity index (χ0v) is 18.4. The molecule has 10 nitrogen and oxygen atoms in total. The molecule has 168 valence electrons. The third-order valence-corrected chi connectivity index (χ3v) is 5.74. The number of nitrogens with one attached hydrogen (secondary N) is 2. The Morgan fingerprint density at radius 3 is 2.61 bits per heavy atom. The van der Waals surface area contributed by atoms with Gasteiger partial charge in [0.25, 0.3) is 5.91 Å². The van der Waals surface area contributed by atoms with E-state index in [1.54, 1.807) is 24.4 Å². The molecule has 0 saturated carbocycles. The van der Waals surface area contributed by atoms with Crippen molar-refractivity contribution >= 4 is 48.3 Å². The Bertz CT molecular complexity index is 1370. The number of aromatic nitrogens is 1. The summed E-state index contributed by atoms with van der Waals surface area (Å²) in [5, 5.41) is 12.8. The van der Waals surface area contributed by atoms with Gasteiger partial charge in [-0.1, -0.05) is 29.8 Å². The van der Waals surface area contributed by atoms with Gasteiger partial charge in [0.05, 0.1) is 24.3 Å². The highest BCUT2D eigenvalue weighted by Crippen LogP contribution is 2.39. The fraction of sp³-hybridized carbons (Fsp3) is 0.0952. The Kier molecular flexibility index (Phi) is 6.08. The predicted octanol–water partition coefficient (Wildman–Crippen LogP) is 3.44. The zero-order valence-electron chi connectivity index (χ0n) is 16.7. The minimum atomic E-state index is -4.88. The van der Waals surface area contributed by atoms with E-state index in [-0.39, 0.29) is 5.70 Å².